The Kier molecular flexibility index (Phi) is 4.83. The molecule has 1 aliphatic carbocycles. The summed E-state index contributed by atoms with van der Waals surface area (Å²) in [6, 6.07) is -0.769. The topological polar surface area (TPSA) is 60.9 Å². The average molecular weight is 300 g/mol. The Morgan fingerprint density at radius 1 is 1.40 bits per heavy atom. The molecule has 0 bridgehead atoms. The Morgan fingerprint density at radius 2 is 2.05 bits per heavy atom. The van der Waals surface area contributed by atoms with Gasteiger partial charge in [0.1, 0.15) is 6.04 Å². The molecule has 5 nitrogen and oxygen atoms in total. The first-order chi connectivity index (χ1) is 9.45. The molecule has 2 aliphatic rings. The van der Waals surface area contributed by atoms with E-state index < -0.39 is 12.0 Å². The minimum absolute atomic E-state index is 0.0600. The lowest BCUT2D eigenvalue weighted by Gasteiger charge is -2.33. The fourth-order valence-electron chi connectivity index (χ4n) is 2.65. The summed E-state index contributed by atoms with van der Waals surface area (Å²) in [7, 11) is 0. The number of rotatable bonds is 5. The lowest BCUT2D eigenvalue weighted by atomic mass is 10.2. The molecule has 1 heterocycles. The minimum Gasteiger partial charge on any atom is -0.480 e. The minimum atomic E-state index is -0.880. The van der Waals surface area contributed by atoms with Gasteiger partial charge in [-0.15, -0.1) is 11.8 Å². The maximum absolute atomic E-state index is 12.7. The predicted molar refractivity (Wildman–Crippen MR) is 79.7 cm³/mol. The van der Waals surface area contributed by atoms with Gasteiger partial charge in [-0.1, -0.05) is 13.8 Å². The van der Waals surface area contributed by atoms with E-state index in [2.05, 4.69) is 13.8 Å². The molecule has 1 N–H and O–H groups in total. The van der Waals surface area contributed by atoms with Crippen LogP contribution >= 0.6 is 11.8 Å². The van der Waals surface area contributed by atoms with Crippen molar-refractivity contribution in [3.8, 4) is 0 Å². The Balaban J connectivity index is 2.15. The number of carbonyl (C=O) groups is 2. The van der Waals surface area contributed by atoms with Crippen LogP contribution in [0.3, 0.4) is 0 Å². The van der Waals surface area contributed by atoms with Crippen LogP contribution in [0.4, 0.5) is 4.79 Å². The summed E-state index contributed by atoms with van der Waals surface area (Å²) in [4.78, 5) is 27.6. The molecule has 2 rings (SSSR count). The molecule has 1 saturated carbocycles. The van der Waals surface area contributed by atoms with Gasteiger partial charge in [-0.05, 0) is 31.6 Å². The van der Waals surface area contributed by atoms with Gasteiger partial charge in [-0.25, -0.2) is 9.59 Å². The molecule has 114 valence electrons. The second kappa shape index (κ2) is 6.24. The van der Waals surface area contributed by atoms with E-state index in [1.54, 1.807) is 21.6 Å². The van der Waals surface area contributed by atoms with E-state index in [1.807, 2.05) is 6.92 Å². The predicted octanol–water partition coefficient (Wildman–Crippen LogP) is 2.32. The van der Waals surface area contributed by atoms with Crippen LogP contribution in [0.15, 0.2) is 0 Å². The largest absolute Gasteiger partial charge is 0.480 e. The summed E-state index contributed by atoms with van der Waals surface area (Å²) in [6.07, 6.45) is 2.23. The number of aliphatic carboxylic acids is 1. The highest BCUT2D eigenvalue weighted by molar-refractivity contribution is 8.00. The summed E-state index contributed by atoms with van der Waals surface area (Å²) in [5.41, 5.74) is 0. The third-order valence-corrected chi connectivity index (χ3v) is 5.27. The van der Waals surface area contributed by atoms with Crippen LogP contribution in [0, 0.1) is 11.8 Å². The van der Waals surface area contributed by atoms with E-state index in [-0.39, 0.29) is 11.4 Å². The summed E-state index contributed by atoms with van der Waals surface area (Å²) in [5, 5.41) is 9.42. The third kappa shape index (κ3) is 3.22. The van der Waals surface area contributed by atoms with Crippen LogP contribution in [-0.4, -0.2) is 57.2 Å². The number of carboxylic acid groups (broad SMARTS) is 1. The monoisotopic (exact) mass is 300 g/mol. The molecule has 0 aromatic carbocycles. The van der Waals surface area contributed by atoms with Crippen LogP contribution in [0.1, 0.15) is 33.6 Å². The van der Waals surface area contributed by atoms with Gasteiger partial charge in [-0.3, -0.25) is 4.90 Å². The lowest BCUT2D eigenvalue weighted by Crippen LogP contribution is -2.52. The van der Waals surface area contributed by atoms with E-state index in [0.717, 1.165) is 12.8 Å². The Morgan fingerprint density at radius 3 is 2.50 bits per heavy atom. The van der Waals surface area contributed by atoms with Crippen molar-refractivity contribution in [2.24, 2.45) is 11.8 Å². The van der Waals surface area contributed by atoms with Crippen molar-refractivity contribution < 1.29 is 14.7 Å². The lowest BCUT2D eigenvalue weighted by molar-refractivity contribution is -0.141. The normalized spacial score (nSPS) is 26.1. The molecule has 0 spiro atoms. The number of amides is 2. The number of carbonyl (C=O) groups excluding carboxylic acids is 1. The first-order valence-corrected chi connectivity index (χ1v) is 8.42. The van der Waals surface area contributed by atoms with Gasteiger partial charge in [0.25, 0.3) is 0 Å². The van der Waals surface area contributed by atoms with Crippen molar-refractivity contribution in [3.63, 3.8) is 0 Å². The highest BCUT2D eigenvalue weighted by atomic mass is 32.2. The molecular weight excluding hydrogens is 276 g/mol. The molecule has 2 unspecified atom stereocenters. The van der Waals surface area contributed by atoms with Crippen molar-refractivity contribution in [1.82, 2.24) is 9.80 Å². The van der Waals surface area contributed by atoms with Crippen molar-refractivity contribution >= 4 is 23.8 Å². The molecule has 0 radical (unpaired) electrons. The number of nitrogens with zero attached hydrogens (tertiary/aromatic N) is 2. The van der Waals surface area contributed by atoms with E-state index in [1.165, 1.54) is 0 Å². The summed E-state index contributed by atoms with van der Waals surface area (Å²) >= 11 is 1.63. The van der Waals surface area contributed by atoms with Crippen LogP contribution in [0.5, 0.6) is 0 Å². The second-order valence-electron chi connectivity index (χ2n) is 6.04. The number of urea groups is 1. The van der Waals surface area contributed by atoms with Crippen molar-refractivity contribution in [1.29, 1.82) is 0 Å². The highest BCUT2D eigenvalue weighted by Crippen LogP contribution is 2.45. The van der Waals surface area contributed by atoms with Crippen molar-refractivity contribution in [2.45, 2.75) is 45.0 Å². The van der Waals surface area contributed by atoms with Gasteiger partial charge in [0, 0.05) is 18.8 Å². The fourth-order valence-corrected chi connectivity index (χ4v) is 4.28. The molecule has 1 saturated heterocycles. The van der Waals surface area contributed by atoms with Crippen molar-refractivity contribution in [2.75, 3.05) is 18.8 Å². The maximum atomic E-state index is 12.7. The van der Waals surface area contributed by atoms with Gasteiger partial charge in [0.15, 0.2) is 0 Å². The van der Waals surface area contributed by atoms with Crippen molar-refractivity contribution in [3.05, 3.63) is 0 Å². The molecule has 1 aliphatic heterocycles. The molecule has 2 amide bonds. The van der Waals surface area contributed by atoms with Crippen LogP contribution in [0.25, 0.3) is 0 Å². The molecule has 0 aromatic heterocycles. The molecule has 0 aromatic rings. The van der Waals surface area contributed by atoms with Crippen LogP contribution < -0.4 is 0 Å². The molecular formula is C14H24N2O3S. The number of thioether (sulfide) groups is 1. The maximum Gasteiger partial charge on any atom is 0.327 e. The number of hydrogen-bond donors (Lipinski definition) is 1. The van der Waals surface area contributed by atoms with E-state index in [0.29, 0.717) is 30.7 Å². The highest BCUT2D eigenvalue weighted by Gasteiger charge is 2.48. The Bertz CT molecular complexity index is 385. The number of hydrogen-bond acceptors (Lipinski definition) is 3. The summed E-state index contributed by atoms with van der Waals surface area (Å²) in [5.74, 6) is 0.513. The van der Waals surface area contributed by atoms with Gasteiger partial charge >= 0.3 is 12.0 Å². The average Bonchev–Trinajstić information content (AvgIpc) is 3.13. The zero-order valence-electron chi connectivity index (χ0n) is 12.4. The SMILES string of the molecule is CCN(CC(C)C)C(=O)N1C(C(=O)O)CSC1C1CC1. The quantitative estimate of drug-likeness (QED) is 0.846. The van der Waals surface area contributed by atoms with Gasteiger partial charge < -0.3 is 10.0 Å². The van der Waals surface area contributed by atoms with Crippen LogP contribution in [0.2, 0.25) is 0 Å². The smallest absolute Gasteiger partial charge is 0.327 e. The standard InChI is InChI=1S/C14H24N2O3S/c1-4-15(7-9(2)3)14(19)16-11(13(17)18)8-20-12(16)10-5-6-10/h9-12H,4-8H2,1-3H3,(H,17,18). The molecule has 20 heavy (non-hydrogen) atoms. The molecule has 2 atom stereocenters. The Labute approximate surface area is 124 Å². The zero-order valence-corrected chi connectivity index (χ0v) is 13.2. The van der Waals surface area contributed by atoms with E-state index >= 15 is 0 Å². The van der Waals surface area contributed by atoms with E-state index in [4.69, 9.17) is 0 Å². The van der Waals surface area contributed by atoms with Gasteiger partial charge in [0.2, 0.25) is 0 Å². The van der Waals surface area contributed by atoms with E-state index in [9.17, 15) is 14.7 Å². The number of carboxylic acids is 1. The molecule has 6 heteroatoms. The van der Waals surface area contributed by atoms with Gasteiger partial charge in [0.05, 0.1) is 5.37 Å². The first-order valence-electron chi connectivity index (χ1n) is 7.37. The second-order valence-corrected chi connectivity index (χ2v) is 7.19. The summed E-state index contributed by atoms with van der Waals surface area (Å²) in [6.45, 7) is 7.40. The Hall–Kier alpha value is -0.910. The molecule has 2 fully saturated rings. The fraction of sp³-hybridized carbons (Fsp3) is 0.857. The summed E-state index contributed by atoms with van der Waals surface area (Å²) < 4.78 is 0. The van der Waals surface area contributed by atoms with Crippen LogP contribution in [-0.2, 0) is 4.79 Å². The first kappa shape index (κ1) is 15.5. The zero-order chi connectivity index (χ0) is 14.9. The third-order valence-electron chi connectivity index (χ3n) is 3.80. The van der Waals surface area contributed by atoms with Gasteiger partial charge in [-0.2, -0.15) is 0 Å².